The van der Waals surface area contributed by atoms with Crippen LogP contribution in [0.25, 0.3) is 0 Å². The number of benzene rings is 1. The van der Waals surface area contributed by atoms with Crippen molar-refractivity contribution in [3.63, 3.8) is 0 Å². The van der Waals surface area contributed by atoms with Gasteiger partial charge in [0.25, 0.3) is 11.5 Å². The zero-order chi connectivity index (χ0) is 18.6. The molecule has 0 atom stereocenters. The maximum Gasteiger partial charge on any atom is 0.291 e. The molecular weight excluding hydrogens is 348 g/mol. The third-order valence-corrected chi connectivity index (χ3v) is 4.12. The third kappa shape index (κ3) is 3.87. The second kappa shape index (κ2) is 7.41. The molecule has 0 spiro atoms. The summed E-state index contributed by atoms with van der Waals surface area (Å²) in [7, 11) is 0. The maximum absolute atomic E-state index is 12.4. The van der Waals surface area contributed by atoms with Crippen molar-refractivity contribution in [3.05, 3.63) is 76.6 Å². The Labute approximate surface area is 155 Å². The van der Waals surface area contributed by atoms with Gasteiger partial charge in [-0.05, 0) is 30.3 Å². The molecule has 2 aromatic heterocycles. The highest BCUT2D eigenvalue weighted by atomic mass is 16.5. The monoisotopic (exact) mass is 366 g/mol. The van der Waals surface area contributed by atoms with Crippen LogP contribution in [0.4, 0.5) is 5.69 Å². The molecule has 7 heteroatoms. The highest BCUT2D eigenvalue weighted by molar-refractivity contribution is 6.02. The number of hydrogen-bond acceptors (Lipinski definition) is 5. The second-order valence-electron chi connectivity index (χ2n) is 6.10. The molecule has 0 aliphatic carbocycles. The molecule has 1 aliphatic rings. The fraction of sp³-hybridized carbons (Fsp3) is 0.200. The number of pyridine rings is 1. The molecule has 0 radical (unpaired) electrons. The zero-order valence-corrected chi connectivity index (χ0v) is 14.5. The van der Waals surface area contributed by atoms with Crippen molar-refractivity contribution >= 4 is 11.6 Å². The number of ether oxygens (including phenoxy) is 2. The number of anilines is 1. The van der Waals surface area contributed by atoms with Gasteiger partial charge in [-0.3, -0.25) is 9.59 Å². The van der Waals surface area contributed by atoms with Gasteiger partial charge >= 0.3 is 0 Å². The summed E-state index contributed by atoms with van der Waals surface area (Å²) >= 11 is 0. The lowest BCUT2D eigenvalue weighted by molar-refractivity contribution is 0.0994. The van der Waals surface area contributed by atoms with Crippen LogP contribution in [0.2, 0.25) is 0 Å². The second-order valence-corrected chi connectivity index (χ2v) is 6.10. The summed E-state index contributed by atoms with van der Waals surface area (Å²) in [6.45, 7) is 1.44. The summed E-state index contributed by atoms with van der Waals surface area (Å²) in [6, 6.07) is 13.4. The Kier molecular flexibility index (Phi) is 4.65. The number of fused-ring (bicyclic) bond motifs is 1. The van der Waals surface area contributed by atoms with Crippen molar-refractivity contribution < 1.29 is 18.7 Å². The lowest BCUT2D eigenvalue weighted by Crippen LogP contribution is -2.18. The molecule has 3 aromatic rings. The van der Waals surface area contributed by atoms with E-state index in [0.29, 0.717) is 36.2 Å². The van der Waals surface area contributed by atoms with Crippen LogP contribution < -0.4 is 20.3 Å². The molecule has 0 bridgehead atoms. The largest absolute Gasteiger partial charge is 0.490 e. The molecule has 7 nitrogen and oxygen atoms in total. The van der Waals surface area contributed by atoms with E-state index in [1.54, 1.807) is 48.7 Å². The van der Waals surface area contributed by atoms with Crippen molar-refractivity contribution in [3.8, 4) is 11.5 Å². The molecule has 138 valence electrons. The van der Waals surface area contributed by atoms with Gasteiger partial charge in [0.2, 0.25) is 0 Å². The standard InChI is InChI=1S/C20H18N2O5/c23-19-4-1-2-9-22(19)13-15-6-8-17(27-15)20(24)21-14-5-7-16-18(12-14)26-11-3-10-25-16/h1-2,4-9,12H,3,10-11,13H2,(H,21,24). The van der Waals surface area contributed by atoms with E-state index in [1.807, 2.05) is 0 Å². The predicted octanol–water partition coefficient (Wildman–Crippen LogP) is 2.90. The first-order valence-corrected chi connectivity index (χ1v) is 8.64. The SMILES string of the molecule is O=C(Nc1ccc2c(c1)OCCCO2)c1ccc(Cn2ccccc2=O)o1. The summed E-state index contributed by atoms with van der Waals surface area (Å²) < 4.78 is 18.3. The minimum atomic E-state index is -0.379. The van der Waals surface area contributed by atoms with Crippen molar-refractivity contribution in [2.24, 2.45) is 0 Å². The van der Waals surface area contributed by atoms with E-state index in [2.05, 4.69) is 5.32 Å². The predicted molar refractivity (Wildman–Crippen MR) is 98.5 cm³/mol. The fourth-order valence-corrected chi connectivity index (χ4v) is 2.78. The van der Waals surface area contributed by atoms with Gasteiger partial charge < -0.3 is 23.8 Å². The molecule has 3 heterocycles. The molecule has 1 amide bonds. The summed E-state index contributed by atoms with van der Waals surface area (Å²) in [6.07, 6.45) is 2.48. The van der Waals surface area contributed by atoms with E-state index in [1.165, 1.54) is 10.6 Å². The first kappa shape index (κ1) is 17.0. The van der Waals surface area contributed by atoms with Gasteiger partial charge in [0.1, 0.15) is 5.76 Å². The minimum absolute atomic E-state index is 0.132. The van der Waals surface area contributed by atoms with E-state index in [0.717, 1.165) is 6.42 Å². The van der Waals surface area contributed by atoms with Gasteiger partial charge in [-0.1, -0.05) is 6.07 Å². The molecule has 0 unspecified atom stereocenters. The average Bonchev–Trinajstić information content (AvgIpc) is 3.01. The molecule has 1 aliphatic heterocycles. The molecule has 0 saturated heterocycles. The van der Waals surface area contributed by atoms with Crippen LogP contribution in [-0.2, 0) is 6.54 Å². The van der Waals surface area contributed by atoms with Gasteiger partial charge in [0.05, 0.1) is 19.8 Å². The molecule has 0 fully saturated rings. The number of carbonyl (C=O) groups is 1. The minimum Gasteiger partial charge on any atom is -0.490 e. The topological polar surface area (TPSA) is 82.7 Å². The van der Waals surface area contributed by atoms with E-state index in [4.69, 9.17) is 13.9 Å². The van der Waals surface area contributed by atoms with Crippen LogP contribution in [0.1, 0.15) is 22.7 Å². The smallest absolute Gasteiger partial charge is 0.291 e. The summed E-state index contributed by atoms with van der Waals surface area (Å²) in [5.41, 5.74) is 0.452. The molecule has 27 heavy (non-hydrogen) atoms. The Morgan fingerprint density at radius 1 is 1.04 bits per heavy atom. The highest BCUT2D eigenvalue weighted by Gasteiger charge is 2.15. The van der Waals surface area contributed by atoms with Crippen LogP contribution in [-0.4, -0.2) is 23.7 Å². The number of nitrogens with one attached hydrogen (secondary N) is 1. The number of carbonyl (C=O) groups excluding carboxylic acids is 1. The quantitative estimate of drug-likeness (QED) is 0.768. The van der Waals surface area contributed by atoms with E-state index < -0.39 is 0 Å². The molecule has 0 saturated carbocycles. The third-order valence-electron chi connectivity index (χ3n) is 4.12. The number of amides is 1. The van der Waals surface area contributed by atoms with E-state index in [-0.39, 0.29) is 23.8 Å². The number of aromatic nitrogens is 1. The summed E-state index contributed by atoms with van der Waals surface area (Å²) in [4.78, 5) is 24.2. The lowest BCUT2D eigenvalue weighted by Gasteiger charge is -2.09. The van der Waals surface area contributed by atoms with Gasteiger partial charge in [-0.25, -0.2) is 0 Å². The Hall–Kier alpha value is -3.48. The Balaban J connectivity index is 1.46. The summed E-state index contributed by atoms with van der Waals surface area (Å²) in [5, 5.41) is 2.78. The normalized spacial score (nSPS) is 13.0. The van der Waals surface area contributed by atoms with Gasteiger partial charge in [0.15, 0.2) is 17.3 Å². The Morgan fingerprint density at radius 2 is 1.89 bits per heavy atom. The van der Waals surface area contributed by atoms with Crippen LogP contribution in [0.15, 0.2) is 63.9 Å². The van der Waals surface area contributed by atoms with Crippen LogP contribution >= 0.6 is 0 Å². The number of furan rings is 1. The first-order valence-electron chi connectivity index (χ1n) is 8.64. The number of nitrogens with zero attached hydrogens (tertiary/aromatic N) is 1. The summed E-state index contributed by atoms with van der Waals surface area (Å²) in [5.74, 6) is 1.58. The van der Waals surface area contributed by atoms with Crippen molar-refractivity contribution in [1.82, 2.24) is 4.57 Å². The maximum atomic E-state index is 12.4. The number of hydrogen-bond donors (Lipinski definition) is 1. The Morgan fingerprint density at radius 3 is 2.74 bits per heavy atom. The number of rotatable bonds is 4. The van der Waals surface area contributed by atoms with Gasteiger partial charge in [0, 0.05) is 30.4 Å². The van der Waals surface area contributed by atoms with E-state index in [9.17, 15) is 9.59 Å². The van der Waals surface area contributed by atoms with Crippen LogP contribution in [0.5, 0.6) is 11.5 Å². The van der Waals surface area contributed by atoms with Crippen molar-refractivity contribution in [1.29, 1.82) is 0 Å². The van der Waals surface area contributed by atoms with E-state index >= 15 is 0 Å². The first-order chi connectivity index (χ1) is 13.2. The van der Waals surface area contributed by atoms with Crippen LogP contribution in [0, 0.1) is 0 Å². The zero-order valence-electron chi connectivity index (χ0n) is 14.5. The average molecular weight is 366 g/mol. The van der Waals surface area contributed by atoms with Crippen molar-refractivity contribution in [2.45, 2.75) is 13.0 Å². The highest BCUT2D eigenvalue weighted by Crippen LogP contribution is 2.32. The Bertz CT molecular complexity index is 1020. The fourth-order valence-electron chi connectivity index (χ4n) is 2.78. The van der Waals surface area contributed by atoms with Gasteiger partial charge in [-0.15, -0.1) is 0 Å². The molecule has 1 N–H and O–H groups in total. The van der Waals surface area contributed by atoms with Crippen molar-refractivity contribution in [2.75, 3.05) is 18.5 Å². The lowest BCUT2D eigenvalue weighted by atomic mass is 10.2. The molecule has 1 aromatic carbocycles. The van der Waals surface area contributed by atoms with Gasteiger partial charge in [-0.2, -0.15) is 0 Å². The molecular formula is C20H18N2O5. The molecule has 4 rings (SSSR count). The van der Waals surface area contributed by atoms with Crippen LogP contribution in [0.3, 0.4) is 0 Å².